The molecule has 2 aromatic carbocycles. The third-order valence-electron chi connectivity index (χ3n) is 7.31. The molecule has 4 aliphatic rings. The van der Waals surface area contributed by atoms with Crippen LogP contribution in [0.1, 0.15) is 51.0 Å². The molecule has 0 radical (unpaired) electrons. The molecular formula is C24H30O3. The number of fused-ring (bicyclic) bond motifs is 1. The van der Waals surface area contributed by atoms with Crippen molar-refractivity contribution in [2.75, 3.05) is 13.9 Å². The van der Waals surface area contributed by atoms with E-state index < -0.39 is 0 Å². The topological polar surface area (TPSA) is 27.7 Å². The van der Waals surface area contributed by atoms with Crippen LogP contribution in [0.3, 0.4) is 0 Å². The van der Waals surface area contributed by atoms with Gasteiger partial charge >= 0.3 is 0 Å². The first-order valence-corrected chi connectivity index (χ1v) is 10.5. The van der Waals surface area contributed by atoms with Crippen molar-refractivity contribution < 1.29 is 14.2 Å². The van der Waals surface area contributed by atoms with Crippen molar-refractivity contribution in [3.8, 4) is 5.75 Å². The predicted octanol–water partition coefficient (Wildman–Crippen LogP) is 5.65. The largest absolute Gasteiger partial charge is 0.467 e. The van der Waals surface area contributed by atoms with Crippen molar-refractivity contribution in [2.24, 2.45) is 17.8 Å². The lowest BCUT2D eigenvalue weighted by molar-refractivity contribution is -0.150. The van der Waals surface area contributed by atoms with Gasteiger partial charge in [-0.15, -0.1) is 0 Å². The van der Waals surface area contributed by atoms with Crippen molar-refractivity contribution >= 4 is 10.8 Å². The fourth-order valence-corrected chi connectivity index (χ4v) is 6.46. The molecule has 0 aliphatic heterocycles. The van der Waals surface area contributed by atoms with Gasteiger partial charge in [0.25, 0.3) is 0 Å². The summed E-state index contributed by atoms with van der Waals surface area (Å²) in [7, 11) is 1.65. The van der Waals surface area contributed by atoms with Gasteiger partial charge in [0.05, 0.1) is 0 Å². The van der Waals surface area contributed by atoms with E-state index in [9.17, 15) is 0 Å². The zero-order valence-electron chi connectivity index (χ0n) is 16.4. The van der Waals surface area contributed by atoms with Crippen LogP contribution in [0.4, 0.5) is 0 Å². The van der Waals surface area contributed by atoms with Gasteiger partial charge < -0.3 is 14.2 Å². The van der Waals surface area contributed by atoms with Crippen molar-refractivity contribution in [2.45, 2.75) is 57.2 Å². The van der Waals surface area contributed by atoms with E-state index in [1.54, 1.807) is 7.11 Å². The van der Waals surface area contributed by atoms with E-state index in [1.807, 2.05) is 6.92 Å². The summed E-state index contributed by atoms with van der Waals surface area (Å²) < 4.78 is 17.0. The number of rotatable bonds is 6. The molecule has 1 unspecified atom stereocenters. The number of hydrogen-bond acceptors (Lipinski definition) is 3. The molecule has 4 saturated carbocycles. The van der Waals surface area contributed by atoms with Gasteiger partial charge in [-0.25, -0.2) is 0 Å². The summed E-state index contributed by atoms with van der Waals surface area (Å²) in [5.74, 6) is 3.76. The summed E-state index contributed by atoms with van der Waals surface area (Å²) in [6.45, 7) is 2.12. The van der Waals surface area contributed by atoms with E-state index in [4.69, 9.17) is 14.2 Å². The molecule has 6 rings (SSSR count). The molecule has 0 aromatic heterocycles. The molecule has 0 N–H and O–H groups in total. The second-order valence-corrected chi connectivity index (χ2v) is 9.13. The molecule has 2 aromatic rings. The predicted molar refractivity (Wildman–Crippen MR) is 107 cm³/mol. The first kappa shape index (κ1) is 17.5. The summed E-state index contributed by atoms with van der Waals surface area (Å²) in [6.07, 6.45) is 8.12. The highest BCUT2D eigenvalue weighted by Gasteiger charge is 2.52. The van der Waals surface area contributed by atoms with E-state index in [1.165, 1.54) is 54.9 Å². The normalized spacial score (nSPS) is 32.7. The minimum Gasteiger partial charge on any atom is -0.467 e. The first-order chi connectivity index (χ1) is 13.1. The molecule has 4 fully saturated rings. The Hall–Kier alpha value is -1.58. The fourth-order valence-electron chi connectivity index (χ4n) is 6.46. The number of ether oxygens (including phenoxy) is 3. The Kier molecular flexibility index (Phi) is 4.40. The molecule has 4 bridgehead atoms. The minimum absolute atomic E-state index is 0.229. The molecule has 27 heavy (non-hydrogen) atoms. The van der Waals surface area contributed by atoms with Gasteiger partial charge in [-0.3, -0.25) is 0 Å². The van der Waals surface area contributed by atoms with Crippen LogP contribution in [0.15, 0.2) is 36.4 Å². The summed E-state index contributed by atoms with van der Waals surface area (Å²) in [6, 6.07) is 13.3. The maximum atomic E-state index is 6.21. The molecule has 0 amide bonds. The van der Waals surface area contributed by atoms with E-state index >= 15 is 0 Å². The van der Waals surface area contributed by atoms with Crippen LogP contribution in [-0.2, 0) is 14.9 Å². The number of methoxy groups -OCH3 is 1. The Morgan fingerprint density at radius 1 is 0.963 bits per heavy atom. The van der Waals surface area contributed by atoms with Crippen LogP contribution in [0.2, 0.25) is 0 Å². The third-order valence-corrected chi connectivity index (χ3v) is 7.31. The smallest absolute Gasteiger partial charge is 0.191 e. The zero-order valence-corrected chi connectivity index (χ0v) is 16.4. The molecule has 144 valence electrons. The van der Waals surface area contributed by atoms with Crippen molar-refractivity contribution in [3.63, 3.8) is 0 Å². The monoisotopic (exact) mass is 366 g/mol. The average molecular weight is 367 g/mol. The molecular weight excluding hydrogens is 336 g/mol. The lowest BCUT2D eigenvalue weighted by Crippen LogP contribution is -2.48. The highest BCUT2D eigenvalue weighted by molar-refractivity contribution is 5.85. The number of benzene rings is 2. The number of hydrogen-bond donors (Lipinski definition) is 0. The van der Waals surface area contributed by atoms with Crippen LogP contribution < -0.4 is 4.74 Å². The lowest BCUT2D eigenvalue weighted by atomic mass is 9.48. The second-order valence-electron chi connectivity index (χ2n) is 9.13. The minimum atomic E-state index is -0.256. The van der Waals surface area contributed by atoms with E-state index in [0.29, 0.717) is 5.41 Å². The van der Waals surface area contributed by atoms with Crippen LogP contribution in [0, 0.1) is 17.8 Å². The SMILES string of the molecule is COC(C)OCOc1cc2ccccc2cc1C12CC3CC(CC(C3)C1)C2. The molecule has 0 spiro atoms. The Morgan fingerprint density at radius 2 is 1.56 bits per heavy atom. The Balaban J connectivity index is 1.52. The lowest BCUT2D eigenvalue weighted by Gasteiger charge is -2.57. The summed E-state index contributed by atoms with van der Waals surface area (Å²) >= 11 is 0. The summed E-state index contributed by atoms with van der Waals surface area (Å²) in [5, 5.41) is 2.56. The molecule has 1 atom stereocenters. The highest BCUT2D eigenvalue weighted by atomic mass is 16.7. The first-order valence-electron chi connectivity index (χ1n) is 10.5. The van der Waals surface area contributed by atoms with Crippen LogP contribution in [-0.4, -0.2) is 20.2 Å². The van der Waals surface area contributed by atoms with Gasteiger partial charge in [-0.2, -0.15) is 0 Å². The fraction of sp³-hybridized carbons (Fsp3) is 0.583. The molecule has 4 aliphatic carbocycles. The molecule has 0 saturated heterocycles. The molecule has 3 heteroatoms. The third kappa shape index (κ3) is 3.15. The van der Waals surface area contributed by atoms with Crippen molar-refractivity contribution in [3.05, 3.63) is 42.0 Å². The van der Waals surface area contributed by atoms with Crippen LogP contribution in [0.5, 0.6) is 5.75 Å². The van der Waals surface area contributed by atoms with E-state index in [0.717, 1.165) is 23.5 Å². The Labute approximate surface area is 162 Å². The van der Waals surface area contributed by atoms with Crippen molar-refractivity contribution in [1.29, 1.82) is 0 Å². The van der Waals surface area contributed by atoms with Gasteiger partial charge in [0, 0.05) is 12.7 Å². The Morgan fingerprint density at radius 3 is 2.15 bits per heavy atom. The standard InChI is InChI=1S/C24H30O3/c1-16(25-2)26-15-27-23-11-21-6-4-3-5-20(21)10-22(23)24-12-17-7-18(13-24)9-19(8-17)14-24/h3-6,10-11,16-19H,7-9,12-15H2,1-2H3. The maximum Gasteiger partial charge on any atom is 0.191 e. The van der Waals surface area contributed by atoms with Gasteiger partial charge in [-0.1, -0.05) is 24.3 Å². The van der Waals surface area contributed by atoms with Gasteiger partial charge in [0.2, 0.25) is 0 Å². The summed E-state index contributed by atoms with van der Waals surface area (Å²) in [4.78, 5) is 0. The Bertz CT molecular complexity index is 792. The quantitative estimate of drug-likeness (QED) is 0.618. The molecule has 3 nitrogen and oxygen atoms in total. The van der Waals surface area contributed by atoms with Crippen LogP contribution in [0.25, 0.3) is 10.8 Å². The average Bonchev–Trinajstić information content (AvgIpc) is 2.66. The summed E-state index contributed by atoms with van der Waals surface area (Å²) in [5.41, 5.74) is 1.73. The van der Waals surface area contributed by atoms with E-state index in [-0.39, 0.29) is 13.1 Å². The van der Waals surface area contributed by atoms with Crippen LogP contribution >= 0.6 is 0 Å². The van der Waals surface area contributed by atoms with E-state index in [2.05, 4.69) is 36.4 Å². The second kappa shape index (κ2) is 6.79. The molecule has 0 heterocycles. The van der Waals surface area contributed by atoms with Gasteiger partial charge in [0.15, 0.2) is 13.1 Å². The van der Waals surface area contributed by atoms with Crippen molar-refractivity contribution in [1.82, 2.24) is 0 Å². The highest BCUT2D eigenvalue weighted by Crippen LogP contribution is 2.62. The van der Waals surface area contributed by atoms with Gasteiger partial charge in [-0.05, 0) is 91.5 Å². The zero-order chi connectivity index (χ0) is 18.4. The maximum absolute atomic E-state index is 6.21. The van der Waals surface area contributed by atoms with Gasteiger partial charge in [0.1, 0.15) is 5.75 Å².